The highest BCUT2D eigenvalue weighted by molar-refractivity contribution is 9.10. The molecule has 0 aliphatic carbocycles. The van der Waals surface area contributed by atoms with Crippen LogP contribution >= 0.6 is 31.9 Å². The molecule has 1 aromatic rings. The van der Waals surface area contributed by atoms with E-state index in [1.54, 1.807) is 6.20 Å². The number of carbonyl (C=O) groups excluding carboxylic acids is 1. The number of hydrogen-bond donors (Lipinski definition) is 1. The standard InChI is InChI=1S/C10H12Br2N2O2/c1-16-10(15)9(12)6-13-5-8-3-2-7(11)4-14-8/h2-4,9,13H,5-6H2,1H3. The van der Waals surface area contributed by atoms with E-state index in [4.69, 9.17) is 0 Å². The van der Waals surface area contributed by atoms with Gasteiger partial charge in [-0.3, -0.25) is 9.78 Å². The topological polar surface area (TPSA) is 51.2 Å². The third kappa shape index (κ3) is 4.59. The zero-order valence-corrected chi connectivity index (χ0v) is 11.9. The van der Waals surface area contributed by atoms with Gasteiger partial charge in [0.25, 0.3) is 0 Å². The second-order valence-electron chi connectivity index (χ2n) is 3.09. The van der Waals surface area contributed by atoms with Gasteiger partial charge in [0.1, 0.15) is 4.83 Å². The molecular weight excluding hydrogens is 340 g/mol. The summed E-state index contributed by atoms with van der Waals surface area (Å²) in [6.45, 7) is 1.12. The fourth-order valence-corrected chi connectivity index (χ4v) is 1.70. The van der Waals surface area contributed by atoms with Gasteiger partial charge in [0.2, 0.25) is 0 Å². The van der Waals surface area contributed by atoms with Crippen molar-refractivity contribution in [2.45, 2.75) is 11.4 Å². The van der Waals surface area contributed by atoms with E-state index in [0.29, 0.717) is 13.1 Å². The minimum atomic E-state index is -0.326. The number of ether oxygens (including phenoxy) is 1. The summed E-state index contributed by atoms with van der Waals surface area (Å²) in [5, 5.41) is 3.11. The minimum absolute atomic E-state index is 0.281. The second kappa shape index (κ2) is 6.98. The molecule has 0 bridgehead atoms. The fourth-order valence-electron chi connectivity index (χ4n) is 1.05. The lowest BCUT2D eigenvalue weighted by molar-refractivity contribution is -0.139. The summed E-state index contributed by atoms with van der Waals surface area (Å²) < 4.78 is 5.53. The summed E-state index contributed by atoms with van der Waals surface area (Å²) in [5.41, 5.74) is 0.924. The Bertz CT molecular complexity index is 343. The minimum Gasteiger partial charge on any atom is -0.468 e. The number of esters is 1. The first kappa shape index (κ1) is 13.6. The maximum absolute atomic E-state index is 11.1. The highest BCUT2D eigenvalue weighted by atomic mass is 79.9. The van der Waals surface area contributed by atoms with Crippen molar-refractivity contribution in [3.05, 3.63) is 28.5 Å². The molecule has 0 fully saturated rings. The molecule has 0 radical (unpaired) electrons. The SMILES string of the molecule is COC(=O)C(Br)CNCc1ccc(Br)cn1. The highest BCUT2D eigenvalue weighted by Crippen LogP contribution is 2.07. The van der Waals surface area contributed by atoms with Crippen LogP contribution in [-0.4, -0.2) is 29.4 Å². The molecule has 1 unspecified atom stereocenters. The van der Waals surface area contributed by atoms with Gasteiger partial charge < -0.3 is 10.1 Å². The molecule has 6 heteroatoms. The first-order valence-corrected chi connectivity index (χ1v) is 6.37. The molecule has 0 aliphatic heterocycles. The largest absolute Gasteiger partial charge is 0.468 e. The molecule has 0 aliphatic rings. The van der Waals surface area contributed by atoms with E-state index in [2.05, 4.69) is 46.9 Å². The Labute approximate surface area is 111 Å². The van der Waals surface area contributed by atoms with Crippen LogP contribution in [0.3, 0.4) is 0 Å². The van der Waals surface area contributed by atoms with E-state index in [9.17, 15) is 4.79 Å². The van der Waals surface area contributed by atoms with E-state index in [0.717, 1.165) is 10.2 Å². The van der Waals surface area contributed by atoms with Crippen LogP contribution in [0.2, 0.25) is 0 Å². The molecule has 0 spiro atoms. The van der Waals surface area contributed by atoms with Gasteiger partial charge in [0.05, 0.1) is 12.8 Å². The summed E-state index contributed by atoms with van der Waals surface area (Å²) in [6, 6.07) is 3.84. The van der Waals surface area contributed by atoms with Crippen molar-refractivity contribution < 1.29 is 9.53 Å². The first-order valence-electron chi connectivity index (χ1n) is 4.66. The van der Waals surface area contributed by atoms with Gasteiger partial charge in [-0.1, -0.05) is 15.9 Å². The number of aromatic nitrogens is 1. The quantitative estimate of drug-likeness (QED) is 0.650. The maximum atomic E-state index is 11.1. The lowest BCUT2D eigenvalue weighted by atomic mass is 10.3. The molecule has 0 saturated heterocycles. The molecule has 1 N–H and O–H groups in total. The molecule has 1 rings (SSSR count). The van der Waals surface area contributed by atoms with Crippen molar-refractivity contribution in [3.8, 4) is 0 Å². The van der Waals surface area contributed by atoms with Gasteiger partial charge in [0.15, 0.2) is 0 Å². The Balaban J connectivity index is 2.30. The van der Waals surface area contributed by atoms with Crippen molar-refractivity contribution in [2.75, 3.05) is 13.7 Å². The Morgan fingerprint density at radius 2 is 2.38 bits per heavy atom. The lowest BCUT2D eigenvalue weighted by Gasteiger charge is -2.08. The Morgan fingerprint density at radius 1 is 1.62 bits per heavy atom. The number of halogens is 2. The van der Waals surface area contributed by atoms with Gasteiger partial charge >= 0.3 is 5.97 Å². The molecule has 1 aromatic heterocycles. The monoisotopic (exact) mass is 350 g/mol. The van der Waals surface area contributed by atoms with Gasteiger partial charge in [-0.15, -0.1) is 0 Å². The van der Waals surface area contributed by atoms with Crippen LogP contribution in [0.1, 0.15) is 5.69 Å². The van der Waals surface area contributed by atoms with Crippen molar-refractivity contribution in [3.63, 3.8) is 0 Å². The van der Waals surface area contributed by atoms with Crippen LogP contribution in [0.5, 0.6) is 0 Å². The summed E-state index contributed by atoms with van der Waals surface area (Å²) in [5.74, 6) is -0.281. The van der Waals surface area contributed by atoms with Crippen molar-refractivity contribution >= 4 is 37.8 Å². The summed E-state index contributed by atoms with van der Waals surface area (Å²) in [4.78, 5) is 14.9. The number of nitrogens with one attached hydrogen (secondary N) is 1. The maximum Gasteiger partial charge on any atom is 0.320 e. The van der Waals surface area contributed by atoms with Gasteiger partial charge in [-0.25, -0.2) is 0 Å². The molecule has 4 nitrogen and oxygen atoms in total. The average Bonchev–Trinajstić information content (AvgIpc) is 2.30. The number of rotatable bonds is 5. The molecule has 88 valence electrons. The molecular formula is C10H12Br2N2O2. The number of pyridine rings is 1. The molecule has 1 atom stereocenters. The third-order valence-corrected chi connectivity index (χ3v) is 3.04. The Morgan fingerprint density at radius 3 is 2.94 bits per heavy atom. The van der Waals surface area contributed by atoms with Gasteiger partial charge in [0, 0.05) is 23.8 Å². The first-order chi connectivity index (χ1) is 7.63. The van der Waals surface area contributed by atoms with Crippen molar-refractivity contribution in [1.82, 2.24) is 10.3 Å². The van der Waals surface area contributed by atoms with Crippen LogP contribution in [0.4, 0.5) is 0 Å². The van der Waals surface area contributed by atoms with Crippen LogP contribution in [0.15, 0.2) is 22.8 Å². The highest BCUT2D eigenvalue weighted by Gasteiger charge is 2.13. The lowest BCUT2D eigenvalue weighted by Crippen LogP contribution is -2.29. The van der Waals surface area contributed by atoms with E-state index in [1.165, 1.54) is 7.11 Å². The number of hydrogen-bond acceptors (Lipinski definition) is 4. The van der Waals surface area contributed by atoms with Crippen molar-refractivity contribution in [1.29, 1.82) is 0 Å². The zero-order chi connectivity index (χ0) is 12.0. The summed E-state index contributed by atoms with van der Waals surface area (Å²) in [7, 11) is 1.37. The Kier molecular flexibility index (Phi) is 5.94. The fraction of sp³-hybridized carbons (Fsp3) is 0.400. The van der Waals surface area contributed by atoms with Crippen LogP contribution in [0.25, 0.3) is 0 Å². The number of carbonyl (C=O) groups is 1. The van der Waals surface area contributed by atoms with E-state index in [-0.39, 0.29) is 10.8 Å². The van der Waals surface area contributed by atoms with E-state index >= 15 is 0 Å². The predicted octanol–water partition coefficient (Wildman–Crippen LogP) is 1.87. The van der Waals surface area contributed by atoms with Crippen LogP contribution in [0, 0.1) is 0 Å². The third-order valence-electron chi connectivity index (χ3n) is 1.88. The smallest absolute Gasteiger partial charge is 0.320 e. The molecule has 0 saturated carbocycles. The number of alkyl halides is 1. The average molecular weight is 352 g/mol. The molecule has 0 aromatic carbocycles. The number of methoxy groups -OCH3 is 1. The van der Waals surface area contributed by atoms with Crippen LogP contribution in [-0.2, 0) is 16.1 Å². The summed E-state index contributed by atoms with van der Waals surface area (Å²) in [6.07, 6.45) is 1.74. The summed E-state index contributed by atoms with van der Waals surface area (Å²) >= 11 is 6.54. The molecule has 16 heavy (non-hydrogen) atoms. The van der Waals surface area contributed by atoms with E-state index < -0.39 is 0 Å². The van der Waals surface area contributed by atoms with Crippen LogP contribution < -0.4 is 5.32 Å². The van der Waals surface area contributed by atoms with E-state index in [1.807, 2.05) is 12.1 Å². The Hall–Kier alpha value is -0.460. The molecule has 1 heterocycles. The second-order valence-corrected chi connectivity index (χ2v) is 5.11. The number of nitrogens with zero attached hydrogens (tertiary/aromatic N) is 1. The molecule has 0 amide bonds. The zero-order valence-electron chi connectivity index (χ0n) is 8.74. The van der Waals surface area contributed by atoms with Crippen molar-refractivity contribution in [2.24, 2.45) is 0 Å². The van der Waals surface area contributed by atoms with Gasteiger partial charge in [-0.2, -0.15) is 0 Å². The predicted molar refractivity (Wildman–Crippen MR) is 68.4 cm³/mol. The normalized spacial score (nSPS) is 12.2. The van der Waals surface area contributed by atoms with Gasteiger partial charge in [-0.05, 0) is 28.1 Å².